The largest absolute Gasteiger partial charge is 0.472 e. The van der Waals surface area contributed by atoms with E-state index < -0.39 is 97.5 Å². The van der Waals surface area contributed by atoms with Crippen LogP contribution in [0.25, 0.3) is 0 Å². The Hall–Kier alpha value is -1.94. The highest BCUT2D eigenvalue weighted by molar-refractivity contribution is 7.47. The molecule has 7 atom stereocenters. The van der Waals surface area contributed by atoms with Gasteiger partial charge in [-0.2, -0.15) is 0 Å². The van der Waals surface area contributed by atoms with E-state index in [9.17, 15) is 43.2 Å². The van der Waals surface area contributed by atoms with Crippen LogP contribution < -0.4 is 0 Å². The summed E-state index contributed by atoms with van der Waals surface area (Å²) >= 11 is 0. The SMILES string of the molecule is CCCCCCCCCCCCCC(=O)O[C@H](COC(=O)CCCCCCCCCCCC)COP(=O)(O)OC[C@H](O)COP(=O)(O)OC[C@@H](COC(=O)CCCCCCCCCCC(C)CC)OC(=O)CCCCCCCCCCCCCCCCCCCCC(C)CC. The van der Waals surface area contributed by atoms with Crippen molar-refractivity contribution in [3.8, 4) is 0 Å². The molecule has 0 rings (SSSR count). The van der Waals surface area contributed by atoms with Crippen LogP contribution in [-0.4, -0.2) is 96.7 Å². The van der Waals surface area contributed by atoms with Crippen LogP contribution in [0.5, 0.6) is 0 Å². The second kappa shape index (κ2) is 67.9. The molecule has 0 aromatic carbocycles. The van der Waals surface area contributed by atoms with E-state index in [4.69, 9.17) is 37.0 Å². The zero-order valence-electron chi connectivity index (χ0n) is 62.0. The van der Waals surface area contributed by atoms with E-state index in [1.807, 2.05) is 0 Å². The Bertz CT molecular complexity index is 1840. The lowest BCUT2D eigenvalue weighted by Crippen LogP contribution is -2.30. The topological polar surface area (TPSA) is 237 Å². The molecule has 19 heteroatoms. The maximum atomic E-state index is 13.1. The number of hydrogen-bond acceptors (Lipinski definition) is 15. The molecular weight excluding hydrogens is 1250 g/mol. The number of unbranched alkanes of at least 4 members (excludes halogenated alkanes) is 43. The summed E-state index contributed by atoms with van der Waals surface area (Å²) in [5.41, 5.74) is 0. The number of aliphatic hydroxyl groups excluding tert-OH is 1. The predicted octanol–water partition coefficient (Wildman–Crippen LogP) is 22.3. The van der Waals surface area contributed by atoms with Gasteiger partial charge in [0, 0.05) is 25.7 Å². The van der Waals surface area contributed by atoms with Crippen LogP contribution in [0.4, 0.5) is 0 Å². The van der Waals surface area contributed by atoms with Crippen LogP contribution in [-0.2, 0) is 65.4 Å². The molecule has 0 spiro atoms. The number of phosphoric ester groups is 2. The molecule has 0 heterocycles. The summed E-state index contributed by atoms with van der Waals surface area (Å²) in [7, 11) is -9.91. The van der Waals surface area contributed by atoms with Crippen molar-refractivity contribution in [2.24, 2.45) is 11.8 Å². The van der Waals surface area contributed by atoms with Crippen molar-refractivity contribution < 1.29 is 80.2 Å². The fraction of sp³-hybridized carbons (Fsp3) is 0.947. The number of esters is 4. The molecule has 0 aromatic heterocycles. The summed E-state index contributed by atoms with van der Waals surface area (Å²) in [5, 5.41) is 10.6. The van der Waals surface area contributed by atoms with Gasteiger partial charge in [0.15, 0.2) is 12.2 Å². The van der Waals surface area contributed by atoms with Crippen molar-refractivity contribution in [1.82, 2.24) is 0 Å². The van der Waals surface area contributed by atoms with E-state index in [2.05, 4.69) is 41.5 Å². The molecule has 17 nitrogen and oxygen atoms in total. The zero-order valence-corrected chi connectivity index (χ0v) is 63.8. The Morgan fingerprint density at radius 3 is 0.747 bits per heavy atom. The van der Waals surface area contributed by atoms with Gasteiger partial charge in [-0.25, -0.2) is 9.13 Å². The average molecular weight is 1400 g/mol. The molecule has 0 aliphatic rings. The van der Waals surface area contributed by atoms with Gasteiger partial charge in [-0.1, -0.05) is 343 Å². The average Bonchev–Trinajstić information content (AvgIpc) is 1.72. The molecule has 0 amide bonds. The number of aliphatic hydroxyl groups is 1. The number of phosphoric acid groups is 2. The first-order valence-corrected chi connectivity index (χ1v) is 42.6. The molecule has 3 N–H and O–H groups in total. The predicted molar refractivity (Wildman–Crippen MR) is 386 cm³/mol. The number of carbonyl (C=O) groups excluding carboxylic acids is 4. The summed E-state index contributed by atoms with van der Waals surface area (Å²) in [6.45, 7) is 9.65. The summed E-state index contributed by atoms with van der Waals surface area (Å²) in [5.74, 6) is -0.468. The highest BCUT2D eigenvalue weighted by Crippen LogP contribution is 2.45. The van der Waals surface area contributed by atoms with Crippen LogP contribution in [0.15, 0.2) is 0 Å². The van der Waals surface area contributed by atoms with Gasteiger partial charge in [0.1, 0.15) is 19.3 Å². The fourth-order valence-corrected chi connectivity index (χ4v) is 13.2. The van der Waals surface area contributed by atoms with Gasteiger partial charge >= 0.3 is 39.5 Å². The maximum absolute atomic E-state index is 13.1. The van der Waals surface area contributed by atoms with Gasteiger partial charge in [-0.3, -0.25) is 37.3 Å². The van der Waals surface area contributed by atoms with Gasteiger partial charge in [-0.15, -0.1) is 0 Å². The first-order valence-electron chi connectivity index (χ1n) is 39.6. The molecule has 0 fully saturated rings. The summed E-state index contributed by atoms with van der Waals surface area (Å²) in [6.07, 6.45) is 55.4. The van der Waals surface area contributed by atoms with Gasteiger partial charge in [0.25, 0.3) is 0 Å². The third-order valence-corrected chi connectivity index (χ3v) is 20.3. The van der Waals surface area contributed by atoms with Crippen molar-refractivity contribution in [2.75, 3.05) is 39.6 Å². The Balaban J connectivity index is 5.17. The molecule has 564 valence electrons. The van der Waals surface area contributed by atoms with E-state index in [1.165, 1.54) is 212 Å². The molecule has 0 saturated heterocycles. The lowest BCUT2D eigenvalue weighted by molar-refractivity contribution is -0.161. The summed E-state index contributed by atoms with van der Waals surface area (Å²) in [6, 6.07) is 0. The fourth-order valence-electron chi connectivity index (χ4n) is 11.6. The third-order valence-electron chi connectivity index (χ3n) is 18.4. The van der Waals surface area contributed by atoms with Crippen molar-refractivity contribution >= 4 is 39.5 Å². The van der Waals surface area contributed by atoms with E-state index in [-0.39, 0.29) is 25.7 Å². The standard InChI is InChI=1S/C76H148O17P2/c1-7-11-13-15-17-19-29-34-42-48-54-60-75(80)92-71(64-86-73(78)58-52-46-40-33-20-18-16-14-12-8-2)66-90-94(82,83)88-62-70(77)63-89-95(84,85)91-67-72(65-87-74(79)59-53-47-41-37-36-39-45-51-57-69(6)10-4)93-76(81)61-55-49-43-35-31-28-26-24-22-21-23-25-27-30-32-38-44-50-56-68(5)9-3/h68-72,77H,7-67H2,1-6H3,(H,82,83)(H,84,85)/t68?,69?,70-,71+,72+/m0/s1. The monoisotopic (exact) mass is 1400 g/mol. The first-order chi connectivity index (χ1) is 45.9. The van der Waals surface area contributed by atoms with Crippen LogP contribution in [0.1, 0.15) is 395 Å². The van der Waals surface area contributed by atoms with Gasteiger partial charge in [-0.05, 0) is 37.5 Å². The molecular formula is C76H148O17P2. The van der Waals surface area contributed by atoms with Crippen LogP contribution >= 0.6 is 15.6 Å². The van der Waals surface area contributed by atoms with E-state index in [0.717, 1.165) is 102 Å². The highest BCUT2D eigenvalue weighted by Gasteiger charge is 2.30. The molecule has 0 bridgehead atoms. The second-order valence-corrected chi connectivity index (χ2v) is 30.8. The highest BCUT2D eigenvalue weighted by atomic mass is 31.2. The van der Waals surface area contributed by atoms with E-state index in [1.54, 1.807) is 0 Å². The molecule has 95 heavy (non-hydrogen) atoms. The molecule has 4 unspecified atom stereocenters. The molecule has 0 aliphatic carbocycles. The summed E-state index contributed by atoms with van der Waals surface area (Å²) < 4.78 is 68.4. The lowest BCUT2D eigenvalue weighted by atomic mass is 9.99. The Morgan fingerprint density at radius 2 is 0.505 bits per heavy atom. The quantitative estimate of drug-likeness (QED) is 0.0222. The van der Waals surface area contributed by atoms with Crippen molar-refractivity contribution in [2.45, 2.75) is 413 Å². The van der Waals surface area contributed by atoms with E-state index in [0.29, 0.717) is 25.7 Å². The van der Waals surface area contributed by atoms with E-state index >= 15 is 0 Å². The van der Waals surface area contributed by atoms with Crippen LogP contribution in [0.2, 0.25) is 0 Å². The van der Waals surface area contributed by atoms with Gasteiger partial charge in [0.05, 0.1) is 26.4 Å². The minimum Gasteiger partial charge on any atom is -0.462 e. The normalized spacial score (nSPS) is 14.6. The number of rotatable bonds is 75. The van der Waals surface area contributed by atoms with Gasteiger partial charge < -0.3 is 33.8 Å². The van der Waals surface area contributed by atoms with Crippen molar-refractivity contribution in [3.05, 3.63) is 0 Å². The molecule has 0 aliphatic heterocycles. The second-order valence-electron chi connectivity index (χ2n) is 27.9. The molecule has 0 saturated carbocycles. The zero-order chi connectivity index (χ0) is 70.0. The van der Waals surface area contributed by atoms with Gasteiger partial charge in [0.2, 0.25) is 0 Å². The molecule has 0 aromatic rings. The first kappa shape index (κ1) is 93.1. The van der Waals surface area contributed by atoms with Crippen LogP contribution in [0, 0.1) is 11.8 Å². The Morgan fingerprint density at radius 1 is 0.295 bits per heavy atom. The smallest absolute Gasteiger partial charge is 0.462 e. The Labute approximate surface area is 581 Å². The minimum absolute atomic E-state index is 0.107. The summed E-state index contributed by atoms with van der Waals surface area (Å²) in [4.78, 5) is 72.7. The maximum Gasteiger partial charge on any atom is 0.472 e. The van der Waals surface area contributed by atoms with Crippen LogP contribution in [0.3, 0.4) is 0 Å². The lowest BCUT2D eigenvalue weighted by Gasteiger charge is -2.21. The Kier molecular flexibility index (Phi) is 66.5. The third kappa shape index (κ3) is 67.6. The van der Waals surface area contributed by atoms with Crippen molar-refractivity contribution in [3.63, 3.8) is 0 Å². The minimum atomic E-state index is -4.96. The van der Waals surface area contributed by atoms with Crippen molar-refractivity contribution in [1.29, 1.82) is 0 Å². The molecule has 0 radical (unpaired) electrons. The number of ether oxygens (including phenoxy) is 4. The number of hydrogen-bond donors (Lipinski definition) is 3. The number of carbonyl (C=O) groups is 4.